The van der Waals surface area contributed by atoms with E-state index >= 15 is 0 Å². The molecule has 2 rings (SSSR count). The number of hydrogen-bond donors (Lipinski definition) is 1. The van der Waals surface area contributed by atoms with Crippen molar-refractivity contribution in [3.8, 4) is 0 Å². The summed E-state index contributed by atoms with van der Waals surface area (Å²) in [4.78, 5) is 10.9. The van der Waals surface area contributed by atoms with Crippen molar-refractivity contribution in [3.63, 3.8) is 0 Å². The van der Waals surface area contributed by atoms with Crippen molar-refractivity contribution < 1.29 is 18.3 Å². The minimum absolute atomic E-state index is 0.243. The average Bonchev–Trinajstić information content (AvgIpc) is 2.17. The molecule has 15 heavy (non-hydrogen) atoms. The van der Waals surface area contributed by atoms with Crippen LogP contribution in [0.15, 0.2) is 18.2 Å². The van der Waals surface area contributed by atoms with Gasteiger partial charge in [-0.15, -0.1) is 0 Å². The Labute approximate surface area is 85.0 Å². The summed E-state index contributed by atoms with van der Waals surface area (Å²) >= 11 is 0. The fourth-order valence-electron chi connectivity index (χ4n) is 1.54. The Bertz CT molecular complexity index is 395. The van der Waals surface area contributed by atoms with Gasteiger partial charge in [-0.05, 0) is 6.07 Å². The highest BCUT2D eigenvalue weighted by Crippen LogP contribution is 2.23. The molecule has 1 atom stereocenters. The van der Waals surface area contributed by atoms with E-state index in [1.165, 1.54) is 12.1 Å². The van der Waals surface area contributed by atoms with Crippen LogP contribution in [0.25, 0.3) is 0 Å². The summed E-state index contributed by atoms with van der Waals surface area (Å²) in [6, 6.07) is 2.87. The maximum absolute atomic E-state index is 13.3. The SMILES string of the molecule is O=C1N[C@@H](c2ccc(F)cc2F)CCO1. The first kappa shape index (κ1) is 9.89. The number of cyclic esters (lactones) is 1. The van der Waals surface area contributed by atoms with Crippen LogP contribution in [0.5, 0.6) is 0 Å². The number of nitrogens with one attached hydrogen (secondary N) is 1. The predicted molar refractivity (Wildman–Crippen MR) is 48.2 cm³/mol. The molecular weight excluding hydrogens is 204 g/mol. The molecule has 5 heteroatoms. The van der Waals surface area contributed by atoms with Crippen LogP contribution in [0.2, 0.25) is 0 Å². The van der Waals surface area contributed by atoms with E-state index in [0.717, 1.165) is 6.07 Å². The molecule has 1 aromatic rings. The summed E-state index contributed by atoms with van der Waals surface area (Å²) in [7, 11) is 0. The van der Waals surface area contributed by atoms with Crippen molar-refractivity contribution in [1.82, 2.24) is 5.32 Å². The summed E-state index contributed by atoms with van der Waals surface area (Å²) in [5, 5.41) is 2.47. The van der Waals surface area contributed by atoms with Crippen molar-refractivity contribution in [2.75, 3.05) is 6.61 Å². The highest BCUT2D eigenvalue weighted by molar-refractivity contribution is 5.68. The number of carbonyl (C=O) groups is 1. The lowest BCUT2D eigenvalue weighted by Crippen LogP contribution is -2.35. The van der Waals surface area contributed by atoms with Crippen molar-refractivity contribution in [2.24, 2.45) is 0 Å². The van der Waals surface area contributed by atoms with Crippen molar-refractivity contribution >= 4 is 6.09 Å². The number of rotatable bonds is 1. The zero-order valence-electron chi connectivity index (χ0n) is 7.80. The molecule has 0 aliphatic carbocycles. The Kier molecular flexibility index (Phi) is 2.53. The molecular formula is C10H9F2NO2. The van der Waals surface area contributed by atoms with Gasteiger partial charge in [-0.25, -0.2) is 13.6 Å². The largest absolute Gasteiger partial charge is 0.449 e. The molecule has 1 aliphatic heterocycles. The van der Waals surface area contributed by atoms with Gasteiger partial charge in [-0.2, -0.15) is 0 Å². The van der Waals surface area contributed by atoms with Crippen molar-refractivity contribution in [2.45, 2.75) is 12.5 Å². The topological polar surface area (TPSA) is 38.3 Å². The first-order chi connectivity index (χ1) is 7.16. The zero-order valence-corrected chi connectivity index (χ0v) is 7.80. The number of ether oxygens (including phenoxy) is 1. The molecule has 3 nitrogen and oxygen atoms in total. The second-order valence-corrected chi connectivity index (χ2v) is 3.29. The van der Waals surface area contributed by atoms with Gasteiger partial charge >= 0.3 is 6.09 Å². The van der Waals surface area contributed by atoms with Gasteiger partial charge < -0.3 is 10.1 Å². The van der Waals surface area contributed by atoms with Crippen LogP contribution >= 0.6 is 0 Å². The Morgan fingerprint density at radius 1 is 1.40 bits per heavy atom. The molecule has 1 aliphatic rings. The molecule has 1 amide bonds. The van der Waals surface area contributed by atoms with Gasteiger partial charge in [0.25, 0.3) is 0 Å². The van der Waals surface area contributed by atoms with E-state index in [0.29, 0.717) is 6.42 Å². The van der Waals surface area contributed by atoms with Gasteiger partial charge in [0.1, 0.15) is 11.6 Å². The van der Waals surface area contributed by atoms with Crippen molar-refractivity contribution in [1.29, 1.82) is 0 Å². The van der Waals surface area contributed by atoms with Gasteiger partial charge in [0, 0.05) is 18.1 Å². The monoisotopic (exact) mass is 213 g/mol. The lowest BCUT2D eigenvalue weighted by atomic mass is 10.0. The molecule has 1 heterocycles. The number of carbonyl (C=O) groups excluding carboxylic acids is 1. The normalized spacial score (nSPS) is 20.7. The lowest BCUT2D eigenvalue weighted by Gasteiger charge is -2.23. The molecule has 80 valence electrons. The summed E-state index contributed by atoms with van der Waals surface area (Å²) < 4.78 is 30.6. The average molecular weight is 213 g/mol. The minimum atomic E-state index is -0.651. The quantitative estimate of drug-likeness (QED) is 0.776. The highest BCUT2D eigenvalue weighted by Gasteiger charge is 2.23. The molecule has 0 unspecified atom stereocenters. The Morgan fingerprint density at radius 2 is 2.20 bits per heavy atom. The summed E-state index contributed by atoms with van der Waals surface area (Å²) in [6.07, 6.45) is -0.0936. The second kappa shape index (κ2) is 3.84. The summed E-state index contributed by atoms with van der Waals surface area (Å²) in [5.74, 6) is -1.28. The molecule has 0 spiro atoms. The predicted octanol–water partition coefficient (Wildman–Crippen LogP) is 2.14. The number of hydrogen-bond acceptors (Lipinski definition) is 2. The Morgan fingerprint density at radius 3 is 2.87 bits per heavy atom. The first-order valence-electron chi connectivity index (χ1n) is 4.55. The van der Waals surface area contributed by atoms with E-state index in [1.807, 2.05) is 0 Å². The van der Waals surface area contributed by atoms with Gasteiger partial charge in [-0.3, -0.25) is 0 Å². The zero-order chi connectivity index (χ0) is 10.8. The number of halogens is 2. The van der Waals surface area contributed by atoms with Crippen LogP contribution in [-0.4, -0.2) is 12.7 Å². The van der Waals surface area contributed by atoms with Crippen LogP contribution in [0.3, 0.4) is 0 Å². The van der Waals surface area contributed by atoms with Crippen LogP contribution < -0.4 is 5.32 Å². The number of amides is 1. The number of benzene rings is 1. The third-order valence-electron chi connectivity index (χ3n) is 2.27. The van der Waals surface area contributed by atoms with E-state index in [1.54, 1.807) is 0 Å². The fraction of sp³-hybridized carbons (Fsp3) is 0.300. The summed E-state index contributed by atoms with van der Waals surface area (Å²) in [6.45, 7) is 0.243. The molecule has 0 aromatic heterocycles. The molecule has 0 bridgehead atoms. The molecule has 0 radical (unpaired) electrons. The van der Waals surface area contributed by atoms with E-state index in [4.69, 9.17) is 0 Å². The van der Waals surface area contributed by atoms with Gasteiger partial charge in [-0.1, -0.05) is 6.07 Å². The minimum Gasteiger partial charge on any atom is -0.449 e. The third kappa shape index (κ3) is 2.06. The molecule has 0 saturated carbocycles. The smallest absolute Gasteiger partial charge is 0.407 e. The van der Waals surface area contributed by atoms with Crippen LogP contribution in [-0.2, 0) is 4.74 Å². The summed E-state index contributed by atoms with van der Waals surface area (Å²) in [5.41, 5.74) is 0.285. The van der Waals surface area contributed by atoms with Crippen LogP contribution in [0.1, 0.15) is 18.0 Å². The van der Waals surface area contributed by atoms with Crippen molar-refractivity contribution in [3.05, 3.63) is 35.4 Å². The fourth-order valence-corrected chi connectivity index (χ4v) is 1.54. The van der Waals surface area contributed by atoms with Crippen LogP contribution in [0.4, 0.5) is 13.6 Å². The molecule has 1 fully saturated rings. The third-order valence-corrected chi connectivity index (χ3v) is 2.27. The standard InChI is InChI=1S/C10H9F2NO2/c11-6-1-2-7(8(12)5-6)9-3-4-15-10(14)13-9/h1-2,5,9H,3-4H2,(H,13,14)/t9-/m1/s1. The highest BCUT2D eigenvalue weighted by atomic mass is 19.1. The Balaban J connectivity index is 2.24. The van der Waals surface area contributed by atoms with Crippen LogP contribution in [0, 0.1) is 11.6 Å². The van der Waals surface area contributed by atoms with Gasteiger partial charge in [0.15, 0.2) is 0 Å². The number of alkyl carbamates (subject to hydrolysis) is 1. The van der Waals surface area contributed by atoms with E-state index in [2.05, 4.69) is 10.1 Å². The van der Waals surface area contributed by atoms with Gasteiger partial charge in [0.2, 0.25) is 0 Å². The second-order valence-electron chi connectivity index (χ2n) is 3.29. The molecule has 1 saturated heterocycles. The molecule has 1 N–H and O–H groups in total. The maximum atomic E-state index is 13.3. The van der Waals surface area contributed by atoms with E-state index in [9.17, 15) is 13.6 Å². The van der Waals surface area contributed by atoms with E-state index in [-0.39, 0.29) is 12.2 Å². The molecule has 1 aromatic carbocycles. The van der Waals surface area contributed by atoms with E-state index < -0.39 is 23.8 Å². The van der Waals surface area contributed by atoms with Gasteiger partial charge in [0.05, 0.1) is 12.6 Å². The Hall–Kier alpha value is -1.65. The first-order valence-corrected chi connectivity index (χ1v) is 4.55. The lowest BCUT2D eigenvalue weighted by molar-refractivity contribution is 0.115. The maximum Gasteiger partial charge on any atom is 0.407 e.